The van der Waals surface area contributed by atoms with Crippen LogP contribution in [0.2, 0.25) is 0 Å². The zero-order valence-corrected chi connectivity index (χ0v) is 12.3. The quantitative estimate of drug-likeness (QED) is 0.766. The Hall–Kier alpha value is -0.570. The van der Waals surface area contributed by atoms with Crippen LogP contribution in [0, 0.1) is 23.2 Å². The van der Waals surface area contributed by atoms with Crippen molar-refractivity contribution in [1.82, 2.24) is 5.32 Å². The van der Waals surface area contributed by atoms with E-state index in [4.69, 9.17) is 0 Å². The molecule has 0 aromatic rings. The van der Waals surface area contributed by atoms with E-state index in [1.807, 2.05) is 0 Å². The minimum atomic E-state index is -0.0475. The van der Waals surface area contributed by atoms with E-state index in [1.54, 1.807) is 0 Å². The lowest BCUT2D eigenvalue weighted by Gasteiger charge is -2.29. The first kappa shape index (κ1) is 15.5. The minimum absolute atomic E-state index is 0.0475. The average molecular weight is 255 g/mol. The van der Waals surface area contributed by atoms with Crippen LogP contribution in [0.25, 0.3) is 0 Å². The summed E-state index contributed by atoms with van der Waals surface area (Å²) in [6.07, 6.45) is 4.43. The molecule has 106 valence electrons. The van der Waals surface area contributed by atoms with Crippen molar-refractivity contribution in [3.8, 4) is 0 Å². The predicted molar refractivity (Wildman–Crippen MR) is 74.2 cm³/mol. The summed E-state index contributed by atoms with van der Waals surface area (Å²) in [4.78, 5) is 12.2. The summed E-state index contributed by atoms with van der Waals surface area (Å²) in [5.41, 5.74) is -0.0475. The predicted octanol–water partition coefficient (Wildman–Crippen LogP) is 2.58. The van der Waals surface area contributed by atoms with Crippen LogP contribution >= 0.6 is 0 Å². The van der Waals surface area contributed by atoms with Gasteiger partial charge < -0.3 is 10.4 Å². The maximum Gasteiger partial charge on any atom is 0.223 e. The number of hydrogen-bond acceptors (Lipinski definition) is 2. The van der Waals surface area contributed by atoms with Crippen molar-refractivity contribution in [3.63, 3.8) is 0 Å². The molecule has 0 spiro atoms. The number of aliphatic hydroxyl groups is 1. The Labute approximate surface area is 111 Å². The molecule has 0 atom stereocenters. The van der Waals surface area contributed by atoms with Gasteiger partial charge in [-0.1, -0.05) is 40.5 Å². The highest BCUT2D eigenvalue weighted by Gasteiger charge is 2.34. The molecule has 0 saturated heterocycles. The van der Waals surface area contributed by atoms with Crippen molar-refractivity contribution in [2.24, 2.45) is 23.2 Å². The third-order valence-corrected chi connectivity index (χ3v) is 4.38. The van der Waals surface area contributed by atoms with Crippen LogP contribution in [-0.2, 0) is 4.79 Å². The SMILES string of the molecule is CC(C)C(C(=O)NCC1(CO)CCCC1)C(C)C. The van der Waals surface area contributed by atoms with Crippen LogP contribution in [0.15, 0.2) is 0 Å². The van der Waals surface area contributed by atoms with Crippen LogP contribution in [-0.4, -0.2) is 24.2 Å². The molecule has 3 nitrogen and oxygen atoms in total. The van der Waals surface area contributed by atoms with Crippen molar-refractivity contribution in [2.75, 3.05) is 13.2 Å². The fourth-order valence-corrected chi connectivity index (χ4v) is 3.28. The van der Waals surface area contributed by atoms with E-state index in [0.29, 0.717) is 18.4 Å². The second-order valence-corrected chi connectivity index (χ2v) is 6.60. The van der Waals surface area contributed by atoms with Gasteiger partial charge in [0.1, 0.15) is 0 Å². The van der Waals surface area contributed by atoms with Gasteiger partial charge in [0.2, 0.25) is 5.91 Å². The Morgan fingerprint density at radius 3 is 2.06 bits per heavy atom. The molecule has 0 radical (unpaired) electrons. The molecule has 1 fully saturated rings. The first-order valence-electron chi connectivity index (χ1n) is 7.30. The van der Waals surface area contributed by atoms with E-state index in [1.165, 1.54) is 12.8 Å². The summed E-state index contributed by atoms with van der Waals surface area (Å²) in [6.45, 7) is 9.23. The van der Waals surface area contributed by atoms with E-state index >= 15 is 0 Å². The van der Waals surface area contributed by atoms with Crippen LogP contribution in [0.3, 0.4) is 0 Å². The maximum absolute atomic E-state index is 12.2. The van der Waals surface area contributed by atoms with Crippen molar-refractivity contribution in [2.45, 2.75) is 53.4 Å². The summed E-state index contributed by atoms with van der Waals surface area (Å²) >= 11 is 0. The second-order valence-electron chi connectivity index (χ2n) is 6.60. The molecule has 0 aromatic heterocycles. The Morgan fingerprint density at radius 2 is 1.67 bits per heavy atom. The zero-order valence-electron chi connectivity index (χ0n) is 12.3. The lowest BCUT2D eigenvalue weighted by atomic mass is 9.83. The van der Waals surface area contributed by atoms with Gasteiger partial charge in [-0.3, -0.25) is 4.79 Å². The topological polar surface area (TPSA) is 49.3 Å². The van der Waals surface area contributed by atoms with E-state index in [-0.39, 0.29) is 23.8 Å². The molecular weight excluding hydrogens is 226 g/mol. The number of carbonyl (C=O) groups excluding carboxylic acids is 1. The third kappa shape index (κ3) is 3.71. The highest BCUT2D eigenvalue weighted by atomic mass is 16.3. The van der Waals surface area contributed by atoms with Gasteiger partial charge in [0.05, 0.1) is 6.61 Å². The molecule has 0 aromatic carbocycles. The fraction of sp³-hybridized carbons (Fsp3) is 0.933. The first-order valence-corrected chi connectivity index (χ1v) is 7.30. The maximum atomic E-state index is 12.2. The van der Waals surface area contributed by atoms with Crippen LogP contribution in [0.5, 0.6) is 0 Å². The Kier molecular flexibility index (Phi) is 5.64. The molecule has 1 aliphatic carbocycles. The van der Waals surface area contributed by atoms with Gasteiger partial charge in [0.25, 0.3) is 0 Å². The van der Waals surface area contributed by atoms with Gasteiger partial charge in [0, 0.05) is 17.9 Å². The van der Waals surface area contributed by atoms with Gasteiger partial charge in [-0.25, -0.2) is 0 Å². The number of carbonyl (C=O) groups is 1. The molecule has 1 rings (SSSR count). The van der Waals surface area contributed by atoms with E-state index < -0.39 is 0 Å². The number of rotatable bonds is 6. The van der Waals surface area contributed by atoms with Gasteiger partial charge in [-0.2, -0.15) is 0 Å². The zero-order chi connectivity index (χ0) is 13.8. The van der Waals surface area contributed by atoms with E-state index in [2.05, 4.69) is 33.0 Å². The van der Waals surface area contributed by atoms with Crippen LogP contribution in [0.4, 0.5) is 0 Å². The number of hydrogen-bond donors (Lipinski definition) is 2. The van der Waals surface area contributed by atoms with Crippen molar-refractivity contribution >= 4 is 5.91 Å². The molecule has 1 amide bonds. The number of aliphatic hydroxyl groups excluding tert-OH is 1. The molecule has 18 heavy (non-hydrogen) atoms. The summed E-state index contributed by atoms with van der Waals surface area (Å²) in [5, 5.41) is 12.6. The van der Waals surface area contributed by atoms with Crippen molar-refractivity contribution in [1.29, 1.82) is 0 Å². The highest BCUT2D eigenvalue weighted by molar-refractivity contribution is 5.79. The second kappa shape index (κ2) is 6.55. The van der Waals surface area contributed by atoms with E-state index in [0.717, 1.165) is 12.8 Å². The van der Waals surface area contributed by atoms with Gasteiger partial charge in [-0.05, 0) is 24.7 Å². The molecule has 3 heteroatoms. The molecule has 0 bridgehead atoms. The Morgan fingerprint density at radius 1 is 1.17 bits per heavy atom. The number of amides is 1. The van der Waals surface area contributed by atoms with Crippen molar-refractivity contribution in [3.05, 3.63) is 0 Å². The monoisotopic (exact) mass is 255 g/mol. The lowest BCUT2D eigenvalue weighted by Crippen LogP contribution is -2.43. The molecule has 0 heterocycles. The highest BCUT2D eigenvalue weighted by Crippen LogP contribution is 2.37. The van der Waals surface area contributed by atoms with Gasteiger partial charge in [0.15, 0.2) is 0 Å². The molecule has 0 unspecified atom stereocenters. The normalized spacial score (nSPS) is 18.9. The summed E-state index contributed by atoms with van der Waals surface area (Å²) in [6, 6.07) is 0. The van der Waals surface area contributed by atoms with Gasteiger partial charge in [-0.15, -0.1) is 0 Å². The Bertz CT molecular complexity index is 260. The molecule has 0 aliphatic heterocycles. The van der Waals surface area contributed by atoms with Gasteiger partial charge >= 0.3 is 0 Å². The van der Waals surface area contributed by atoms with Crippen molar-refractivity contribution < 1.29 is 9.90 Å². The molecule has 1 saturated carbocycles. The van der Waals surface area contributed by atoms with E-state index in [9.17, 15) is 9.90 Å². The van der Waals surface area contributed by atoms with Crippen LogP contribution < -0.4 is 5.32 Å². The molecule has 2 N–H and O–H groups in total. The largest absolute Gasteiger partial charge is 0.396 e. The standard InChI is InChI=1S/C15H29NO2/c1-11(2)13(12(3)4)14(18)16-9-15(10-17)7-5-6-8-15/h11-13,17H,5-10H2,1-4H3,(H,16,18). The third-order valence-electron chi connectivity index (χ3n) is 4.38. The molecule has 1 aliphatic rings. The summed E-state index contributed by atoms with van der Waals surface area (Å²) < 4.78 is 0. The summed E-state index contributed by atoms with van der Waals surface area (Å²) in [7, 11) is 0. The number of nitrogens with one attached hydrogen (secondary N) is 1. The first-order chi connectivity index (χ1) is 8.42. The molecular formula is C15H29NO2. The lowest BCUT2D eigenvalue weighted by molar-refractivity contribution is -0.128. The smallest absolute Gasteiger partial charge is 0.223 e. The fourth-order valence-electron chi connectivity index (χ4n) is 3.28. The minimum Gasteiger partial charge on any atom is -0.396 e. The summed E-state index contributed by atoms with van der Waals surface area (Å²) in [5.74, 6) is 0.944. The average Bonchev–Trinajstić information content (AvgIpc) is 2.74. The Balaban J connectivity index is 2.53. The van der Waals surface area contributed by atoms with Crippen LogP contribution in [0.1, 0.15) is 53.4 Å².